The van der Waals surface area contributed by atoms with Crippen LogP contribution in [0.1, 0.15) is 11.3 Å². The van der Waals surface area contributed by atoms with Gasteiger partial charge < -0.3 is 19.6 Å². The van der Waals surface area contributed by atoms with Crippen molar-refractivity contribution in [3.05, 3.63) is 47.5 Å². The molecule has 1 aromatic heterocycles. The summed E-state index contributed by atoms with van der Waals surface area (Å²) in [5.74, 6) is 1.26. The Bertz CT molecular complexity index is 680. The number of aryl methyl sites for hydroxylation is 1. The van der Waals surface area contributed by atoms with Gasteiger partial charge in [0.25, 0.3) is 0 Å². The fourth-order valence-electron chi connectivity index (χ4n) is 2.57. The predicted molar refractivity (Wildman–Crippen MR) is 83.7 cm³/mol. The van der Waals surface area contributed by atoms with Gasteiger partial charge in [0.2, 0.25) is 0 Å². The fourth-order valence-corrected chi connectivity index (χ4v) is 2.57. The molecule has 0 saturated carbocycles. The van der Waals surface area contributed by atoms with Crippen molar-refractivity contribution in [2.75, 3.05) is 31.1 Å². The molecule has 23 heavy (non-hydrogen) atoms. The highest BCUT2D eigenvalue weighted by Crippen LogP contribution is 2.16. The zero-order chi connectivity index (χ0) is 16.2. The van der Waals surface area contributed by atoms with Crippen LogP contribution in [-0.2, 0) is 6.54 Å². The molecule has 0 aliphatic carbocycles. The van der Waals surface area contributed by atoms with E-state index in [-0.39, 0.29) is 18.4 Å². The van der Waals surface area contributed by atoms with E-state index in [2.05, 4.69) is 15.4 Å². The van der Waals surface area contributed by atoms with Gasteiger partial charge in [0.05, 0.1) is 0 Å². The Morgan fingerprint density at radius 3 is 2.70 bits per heavy atom. The number of benzene rings is 1. The van der Waals surface area contributed by atoms with Crippen LogP contribution in [0.3, 0.4) is 0 Å². The average molecular weight is 318 g/mol. The Labute approximate surface area is 133 Å². The highest BCUT2D eigenvalue weighted by molar-refractivity contribution is 5.74. The summed E-state index contributed by atoms with van der Waals surface area (Å²) in [6, 6.07) is 8.15. The Morgan fingerprint density at radius 2 is 2.04 bits per heavy atom. The fraction of sp³-hybridized carbons (Fsp3) is 0.375. The first-order chi connectivity index (χ1) is 11.1. The van der Waals surface area contributed by atoms with E-state index in [0.29, 0.717) is 31.7 Å². The van der Waals surface area contributed by atoms with Gasteiger partial charge in [0, 0.05) is 44.4 Å². The molecule has 1 aromatic carbocycles. The second-order valence-corrected chi connectivity index (χ2v) is 5.52. The average Bonchev–Trinajstić information content (AvgIpc) is 3.00. The maximum absolute atomic E-state index is 13.5. The van der Waals surface area contributed by atoms with Gasteiger partial charge in [0.15, 0.2) is 5.82 Å². The molecule has 0 bridgehead atoms. The lowest BCUT2D eigenvalue weighted by atomic mass is 10.2. The summed E-state index contributed by atoms with van der Waals surface area (Å²) >= 11 is 0. The molecule has 2 amide bonds. The molecular weight excluding hydrogens is 299 g/mol. The topological polar surface area (TPSA) is 61.6 Å². The largest absolute Gasteiger partial charge is 0.360 e. The molecule has 2 aromatic rings. The molecule has 1 aliphatic heterocycles. The number of anilines is 1. The molecule has 1 N–H and O–H groups in total. The standard InChI is InChI=1S/C16H19FN4O2/c1-12-10-15(19-23-12)20-6-8-21(9-7-20)16(22)18-11-13-4-2-3-5-14(13)17/h2-5,10H,6-9,11H2,1H3,(H,18,22). The number of aromatic nitrogens is 1. The summed E-state index contributed by atoms with van der Waals surface area (Å²) in [5.41, 5.74) is 0.484. The quantitative estimate of drug-likeness (QED) is 0.942. The zero-order valence-electron chi connectivity index (χ0n) is 13.0. The number of nitrogens with one attached hydrogen (secondary N) is 1. The van der Waals surface area contributed by atoms with E-state index < -0.39 is 0 Å². The van der Waals surface area contributed by atoms with Crippen LogP contribution in [0.15, 0.2) is 34.9 Å². The number of hydrogen-bond donors (Lipinski definition) is 1. The number of urea groups is 1. The van der Waals surface area contributed by atoms with Crippen LogP contribution in [0.4, 0.5) is 15.0 Å². The third-order valence-corrected chi connectivity index (χ3v) is 3.89. The van der Waals surface area contributed by atoms with Crippen molar-refractivity contribution in [2.24, 2.45) is 0 Å². The first-order valence-corrected chi connectivity index (χ1v) is 7.58. The number of carbonyl (C=O) groups excluding carboxylic acids is 1. The summed E-state index contributed by atoms with van der Waals surface area (Å²) in [5, 5.41) is 6.75. The smallest absolute Gasteiger partial charge is 0.317 e. The van der Waals surface area contributed by atoms with E-state index in [4.69, 9.17) is 4.52 Å². The molecule has 0 spiro atoms. The maximum Gasteiger partial charge on any atom is 0.317 e. The number of nitrogens with zero attached hydrogens (tertiary/aromatic N) is 3. The van der Waals surface area contributed by atoms with Crippen LogP contribution < -0.4 is 10.2 Å². The van der Waals surface area contributed by atoms with Crippen LogP contribution in [0, 0.1) is 12.7 Å². The lowest BCUT2D eigenvalue weighted by molar-refractivity contribution is 0.193. The molecule has 3 rings (SSSR count). The van der Waals surface area contributed by atoms with Gasteiger partial charge in [-0.15, -0.1) is 0 Å². The molecule has 1 fully saturated rings. The first kappa shape index (κ1) is 15.3. The highest BCUT2D eigenvalue weighted by Gasteiger charge is 2.22. The molecule has 0 atom stereocenters. The van der Waals surface area contributed by atoms with Crippen LogP contribution in [-0.4, -0.2) is 42.3 Å². The van der Waals surface area contributed by atoms with E-state index in [1.165, 1.54) is 6.07 Å². The maximum atomic E-state index is 13.5. The van der Waals surface area contributed by atoms with Crippen molar-refractivity contribution in [3.8, 4) is 0 Å². The molecule has 2 heterocycles. The first-order valence-electron chi connectivity index (χ1n) is 7.58. The summed E-state index contributed by atoms with van der Waals surface area (Å²) < 4.78 is 18.6. The monoisotopic (exact) mass is 318 g/mol. The SMILES string of the molecule is Cc1cc(N2CCN(C(=O)NCc3ccccc3F)CC2)no1. The molecule has 7 heteroatoms. The molecule has 0 unspecified atom stereocenters. The van der Waals surface area contributed by atoms with Gasteiger partial charge in [-0.2, -0.15) is 0 Å². The third-order valence-electron chi connectivity index (χ3n) is 3.89. The lowest BCUT2D eigenvalue weighted by Gasteiger charge is -2.34. The zero-order valence-corrected chi connectivity index (χ0v) is 13.0. The molecule has 6 nitrogen and oxygen atoms in total. The van der Waals surface area contributed by atoms with Crippen molar-refractivity contribution in [1.82, 2.24) is 15.4 Å². The predicted octanol–water partition coefficient (Wildman–Crippen LogP) is 2.15. The minimum Gasteiger partial charge on any atom is -0.360 e. The van der Waals surface area contributed by atoms with Crippen molar-refractivity contribution < 1.29 is 13.7 Å². The number of hydrogen-bond acceptors (Lipinski definition) is 4. The van der Waals surface area contributed by atoms with Gasteiger partial charge in [-0.3, -0.25) is 0 Å². The number of halogens is 1. The molecule has 122 valence electrons. The molecule has 0 radical (unpaired) electrons. The summed E-state index contributed by atoms with van der Waals surface area (Å²) in [6.07, 6.45) is 0. The minimum atomic E-state index is -0.306. The minimum absolute atomic E-state index is 0.177. The van der Waals surface area contributed by atoms with E-state index in [9.17, 15) is 9.18 Å². The molecule has 1 aliphatic rings. The van der Waals surface area contributed by atoms with E-state index >= 15 is 0 Å². The Hall–Kier alpha value is -2.57. The number of carbonyl (C=O) groups is 1. The van der Waals surface area contributed by atoms with Crippen LogP contribution in [0.5, 0.6) is 0 Å². The van der Waals surface area contributed by atoms with E-state index in [1.807, 2.05) is 13.0 Å². The van der Waals surface area contributed by atoms with Crippen molar-refractivity contribution in [2.45, 2.75) is 13.5 Å². The lowest BCUT2D eigenvalue weighted by Crippen LogP contribution is -2.51. The van der Waals surface area contributed by atoms with Gasteiger partial charge >= 0.3 is 6.03 Å². The number of amides is 2. The van der Waals surface area contributed by atoms with Crippen LogP contribution >= 0.6 is 0 Å². The van der Waals surface area contributed by atoms with Crippen molar-refractivity contribution in [3.63, 3.8) is 0 Å². The Balaban J connectivity index is 1.49. The number of piperazine rings is 1. The van der Waals surface area contributed by atoms with Crippen LogP contribution in [0.25, 0.3) is 0 Å². The third kappa shape index (κ3) is 3.61. The Morgan fingerprint density at radius 1 is 1.30 bits per heavy atom. The van der Waals surface area contributed by atoms with Crippen LogP contribution in [0.2, 0.25) is 0 Å². The summed E-state index contributed by atoms with van der Waals surface area (Å²) in [6.45, 7) is 4.61. The second kappa shape index (κ2) is 6.68. The normalized spacial score (nSPS) is 14.9. The van der Waals surface area contributed by atoms with Gasteiger partial charge in [-0.05, 0) is 13.0 Å². The summed E-state index contributed by atoms with van der Waals surface area (Å²) in [7, 11) is 0. The summed E-state index contributed by atoms with van der Waals surface area (Å²) in [4.78, 5) is 16.0. The van der Waals surface area contributed by atoms with Gasteiger partial charge in [-0.25, -0.2) is 9.18 Å². The van der Waals surface area contributed by atoms with Gasteiger partial charge in [0.1, 0.15) is 11.6 Å². The van der Waals surface area contributed by atoms with E-state index in [1.54, 1.807) is 23.1 Å². The van der Waals surface area contributed by atoms with Gasteiger partial charge in [-0.1, -0.05) is 23.4 Å². The van der Waals surface area contributed by atoms with E-state index in [0.717, 1.165) is 11.6 Å². The second-order valence-electron chi connectivity index (χ2n) is 5.52. The highest BCUT2D eigenvalue weighted by atomic mass is 19.1. The molecule has 1 saturated heterocycles. The van der Waals surface area contributed by atoms with Crippen molar-refractivity contribution in [1.29, 1.82) is 0 Å². The Kier molecular flexibility index (Phi) is 4.45. The van der Waals surface area contributed by atoms with Crippen molar-refractivity contribution >= 4 is 11.8 Å². The number of rotatable bonds is 3. The molecular formula is C16H19FN4O2.